The third kappa shape index (κ3) is 4.75. The summed E-state index contributed by atoms with van der Waals surface area (Å²) in [6.07, 6.45) is 0. The Morgan fingerprint density at radius 3 is 2.34 bits per heavy atom. The molecule has 0 aliphatic carbocycles. The number of aromatic nitrogens is 1. The van der Waals surface area contributed by atoms with E-state index < -0.39 is 21.3 Å². The first-order chi connectivity index (χ1) is 15.1. The van der Waals surface area contributed by atoms with Crippen LogP contribution in [0.2, 0.25) is 0 Å². The van der Waals surface area contributed by atoms with Crippen LogP contribution in [0.3, 0.4) is 0 Å². The van der Waals surface area contributed by atoms with Gasteiger partial charge in [0.15, 0.2) is 0 Å². The minimum absolute atomic E-state index is 0.0359. The zero-order valence-corrected chi connectivity index (χ0v) is 19.3. The third-order valence-electron chi connectivity index (χ3n) is 5.01. The van der Waals surface area contributed by atoms with Crippen molar-refractivity contribution in [3.63, 3.8) is 0 Å². The van der Waals surface area contributed by atoms with Gasteiger partial charge in [0.05, 0.1) is 17.2 Å². The maximum Gasteiger partial charge on any atom is 0.270 e. The number of sulfone groups is 1. The first-order valence-electron chi connectivity index (χ1n) is 10.2. The van der Waals surface area contributed by atoms with Crippen molar-refractivity contribution < 1.29 is 17.9 Å². The molecular formula is C24H26N2O5S. The van der Waals surface area contributed by atoms with Crippen LogP contribution < -0.4 is 15.6 Å². The van der Waals surface area contributed by atoms with Crippen LogP contribution in [-0.2, 0) is 21.2 Å². The summed E-state index contributed by atoms with van der Waals surface area (Å²) in [6.45, 7) is 7.04. The zero-order valence-electron chi connectivity index (χ0n) is 18.5. The molecule has 1 amide bonds. The molecule has 168 valence electrons. The number of pyridine rings is 1. The van der Waals surface area contributed by atoms with Gasteiger partial charge in [0.2, 0.25) is 15.7 Å². The average molecular weight is 455 g/mol. The summed E-state index contributed by atoms with van der Waals surface area (Å²) in [5, 5.41) is 2.74. The molecule has 0 aliphatic heterocycles. The Labute approximate surface area is 187 Å². The van der Waals surface area contributed by atoms with Gasteiger partial charge in [0.25, 0.3) is 5.56 Å². The van der Waals surface area contributed by atoms with E-state index in [1.54, 1.807) is 56.3 Å². The topological polar surface area (TPSA) is 94.5 Å². The van der Waals surface area contributed by atoms with Crippen LogP contribution in [0.4, 0.5) is 5.69 Å². The molecule has 0 unspecified atom stereocenters. The highest BCUT2D eigenvalue weighted by atomic mass is 32.2. The molecular weight excluding hydrogens is 428 g/mol. The van der Waals surface area contributed by atoms with Crippen molar-refractivity contribution in [3.05, 3.63) is 81.8 Å². The zero-order chi connectivity index (χ0) is 23.5. The molecule has 3 rings (SSSR count). The first kappa shape index (κ1) is 23.3. The maximum absolute atomic E-state index is 13.2. The number of carbonyl (C=O) groups is 1. The van der Waals surface area contributed by atoms with Crippen LogP contribution in [0.5, 0.6) is 5.75 Å². The molecule has 0 aliphatic rings. The summed E-state index contributed by atoms with van der Waals surface area (Å²) in [5.74, 6) is 0.0452. The molecule has 3 aromatic rings. The van der Waals surface area contributed by atoms with Gasteiger partial charge >= 0.3 is 0 Å². The van der Waals surface area contributed by atoms with Gasteiger partial charge in [-0.2, -0.15) is 0 Å². The highest BCUT2D eigenvalue weighted by Crippen LogP contribution is 2.24. The van der Waals surface area contributed by atoms with E-state index in [1.807, 2.05) is 13.8 Å². The Morgan fingerprint density at radius 1 is 1.03 bits per heavy atom. The molecule has 0 atom stereocenters. The van der Waals surface area contributed by atoms with Gasteiger partial charge in [-0.05, 0) is 63.6 Å². The summed E-state index contributed by atoms with van der Waals surface area (Å²) in [4.78, 5) is 25.7. The lowest BCUT2D eigenvalue weighted by Crippen LogP contribution is -2.33. The Kier molecular flexibility index (Phi) is 6.84. The minimum atomic E-state index is -4.05. The highest BCUT2D eigenvalue weighted by Gasteiger charge is 2.26. The Morgan fingerprint density at radius 2 is 1.69 bits per heavy atom. The second-order valence-electron chi connectivity index (χ2n) is 7.48. The number of benzene rings is 2. The second-order valence-corrected chi connectivity index (χ2v) is 9.37. The van der Waals surface area contributed by atoms with Gasteiger partial charge in [-0.25, -0.2) is 8.42 Å². The molecule has 0 radical (unpaired) electrons. The van der Waals surface area contributed by atoms with Gasteiger partial charge in [-0.15, -0.1) is 0 Å². The van der Waals surface area contributed by atoms with Gasteiger partial charge in [-0.3, -0.25) is 9.59 Å². The van der Waals surface area contributed by atoms with Gasteiger partial charge in [0.1, 0.15) is 17.2 Å². The fourth-order valence-corrected chi connectivity index (χ4v) is 5.00. The Balaban J connectivity index is 1.98. The number of rotatable bonds is 7. The summed E-state index contributed by atoms with van der Waals surface area (Å²) in [5.41, 5.74) is 1.49. The predicted molar refractivity (Wildman–Crippen MR) is 123 cm³/mol. The summed E-state index contributed by atoms with van der Waals surface area (Å²) >= 11 is 0. The molecule has 1 N–H and O–H groups in total. The van der Waals surface area contributed by atoms with Crippen molar-refractivity contribution in [1.29, 1.82) is 0 Å². The number of carbonyl (C=O) groups excluding carboxylic acids is 1. The van der Waals surface area contributed by atoms with Crippen LogP contribution in [-0.4, -0.2) is 25.5 Å². The number of nitrogens with one attached hydrogen (secondary N) is 1. The van der Waals surface area contributed by atoms with E-state index in [2.05, 4.69) is 5.32 Å². The summed E-state index contributed by atoms with van der Waals surface area (Å²) in [7, 11) is -4.05. The largest absolute Gasteiger partial charge is 0.492 e. The lowest BCUT2D eigenvalue weighted by Gasteiger charge is -2.16. The smallest absolute Gasteiger partial charge is 0.270 e. The fourth-order valence-electron chi connectivity index (χ4n) is 3.45. The van der Waals surface area contributed by atoms with E-state index in [0.717, 1.165) is 5.56 Å². The van der Waals surface area contributed by atoms with Crippen molar-refractivity contribution in [3.8, 4) is 5.75 Å². The molecule has 1 heterocycles. The average Bonchev–Trinajstić information content (AvgIpc) is 2.72. The lowest BCUT2D eigenvalue weighted by molar-refractivity contribution is -0.116. The van der Waals surface area contributed by atoms with Crippen LogP contribution in [0, 0.1) is 20.8 Å². The molecule has 0 fully saturated rings. The second kappa shape index (κ2) is 9.40. The molecule has 0 bridgehead atoms. The van der Waals surface area contributed by atoms with Crippen LogP contribution in [0.15, 0.2) is 69.2 Å². The van der Waals surface area contributed by atoms with E-state index in [1.165, 1.54) is 16.7 Å². The molecule has 0 saturated heterocycles. The SMILES string of the molecule is CCOc1ccccc1NC(=O)Cn1c(C)cc(C)c(S(=O)(=O)c2ccc(C)cc2)c1=O. The van der Waals surface area contributed by atoms with Gasteiger partial charge in [0, 0.05) is 5.69 Å². The molecule has 32 heavy (non-hydrogen) atoms. The fraction of sp³-hybridized carbons (Fsp3) is 0.250. The van der Waals surface area contributed by atoms with E-state index in [9.17, 15) is 18.0 Å². The third-order valence-corrected chi connectivity index (χ3v) is 6.94. The predicted octanol–water partition coefficient (Wildman–Crippen LogP) is 3.64. The molecule has 0 saturated carbocycles. The number of aryl methyl sites for hydroxylation is 3. The molecule has 7 nitrogen and oxygen atoms in total. The van der Waals surface area contributed by atoms with Crippen molar-refractivity contribution in [2.45, 2.75) is 44.0 Å². The van der Waals surface area contributed by atoms with Crippen LogP contribution in [0.25, 0.3) is 0 Å². The maximum atomic E-state index is 13.2. The number of hydrogen-bond donors (Lipinski definition) is 1. The quantitative estimate of drug-likeness (QED) is 0.588. The molecule has 0 spiro atoms. The molecule has 2 aromatic carbocycles. The Hall–Kier alpha value is -3.39. The standard InChI is InChI=1S/C24H26N2O5S/c1-5-31-21-9-7-6-8-20(21)25-22(27)15-26-18(4)14-17(3)23(24(26)28)32(29,30)19-12-10-16(2)11-13-19/h6-14H,5,15H2,1-4H3,(H,25,27). The monoisotopic (exact) mass is 454 g/mol. The van der Waals surface area contributed by atoms with E-state index in [0.29, 0.717) is 29.3 Å². The van der Waals surface area contributed by atoms with E-state index >= 15 is 0 Å². The lowest BCUT2D eigenvalue weighted by atomic mass is 10.2. The van der Waals surface area contributed by atoms with Crippen molar-refractivity contribution in [2.24, 2.45) is 0 Å². The van der Waals surface area contributed by atoms with Crippen molar-refractivity contribution >= 4 is 21.4 Å². The van der Waals surface area contributed by atoms with Crippen LogP contribution >= 0.6 is 0 Å². The number of para-hydroxylation sites is 2. The first-order valence-corrected chi connectivity index (χ1v) is 11.7. The van der Waals surface area contributed by atoms with E-state index in [4.69, 9.17) is 4.74 Å². The minimum Gasteiger partial charge on any atom is -0.492 e. The number of hydrogen-bond acceptors (Lipinski definition) is 5. The molecule has 1 aromatic heterocycles. The number of amides is 1. The summed E-state index contributed by atoms with van der Waals surface area (Å²) in [6, 6.07) is 14.9. The number of anilines is 1. The van der Waals surface area contributed by atoms with Gasteiger partial charge in [-0.1, -0.05) is 29.8 Å². The number of nitrogens with zero attached hydrogens (tertiary/aromatic N) is 1. The van der Waals surface area contributed by atoms with Crippen molar-refractivity contribution in [1.82, 2.24) is 4.57 Å². The normalized spacial score (nSPS) is 11.2. The van der Waals surface area contributed by atoms with Crippen LogP contribution in [0.1, 0.15) is 23.7 Å². The van der Waals surface area contributed by atoms with Crippen molar-refractivity contribution in [2.75, 3.05) is 11.9 Å². The number of ether oxygens (including phenoxy) is 1. The summed E-state index contributed by atoms with van der Waals surface area (Å²) < 4.78 is 33.1. The Bertz CT molecular complexity index is 1310. The highest BCUT2D eigenvalue weighted by molar-refractivity contribution is 7.91. The van der Waals surface area contributed by atoms with Gasteiger partial charge < -0.3 is 14.6 Å². The molecule has 8 heteroatoms. The van der Waals surface area contributed by atoms with E-state index in [-0.39, 0.29) is 16.3 Å².